The summed E-state index contributed by atoms with van der Waals surface area (Å²) in [7, 11) is 0. The molecule has 0 saturated heterocycles. The van der Waals surface area contributed by atoms with Gasteiger partial charge in [-0.25, -0.2) is 8.78 Å². The average molecular weight is 323 g/mol. The zero-order valence-corrected chi connectivity index (χ0v) is 11.8. The maximum atomic E-state index is 13.1. The van der Waals surface area contributed by atoms with Gasteiger partial charge in [0.25, 0.3) is 5.89 Å². The molecule has 3 rings (SSSR count). The van der Waals surface area contributed by atoms with Crippen LogP contribution in [0.4, 0.5) is 8.78 Å². The van der Waals surface area contributed by atoms with Crippen molar-refractivity contribution in [3.63, 3.8) is 0 Å². The molecule has 0 bridgehead atoms. The Morgan fingerprint density at radius 2 is 1.86 bits per heavy atom. The quantitative estimate of drug-likeness (QED) is 0.720. The predicted molar refractivity (Wildman–Crippen MR) is 75.4 cm³/mol. The molecule has 0 fully saturated rings. The number of hydrogen-bond donors (Lipinski definition) is 0. The van der Waals surface area contributed by atoms with E-state index in [0.29, 0.717) is 10.6 Å². The van der Waals surface area contributed by atoms with Crippen LogP contribution >= 0.6 is 11.6 Å². The lowest BCUT2D eigenvalue weighted by Crippen LogP contribution is -1.96. The van der Waals surface area contributed by atoms with Gasteiger partial charge >= 0.3 is 0 Å². The largest absolute Gasteiger partial charge is 0.484 e. The van der Waals surface area contributed by atoms with Gasteiger partial charge in [-0.05, 0) is 24.3 Å². The highest BCUT2D eigenvalue weighted by Gasteiger charge is 2.12. The predicted octanol–water partition coefficient (Wildman–Crippen LogP) is 4.25. The topological polar surface area (TPSA) is 48.2 Å². The number of benzene rings is 2. The zero-order chi connectivity index (χ0) is 15.5. The molecule has 0 spiro atoms. The molecule has 2 aromatic carbocycles. The second-order valence-electron chi connectivity index (χ2n) is 4.35. The summed E-state index contributed by atoms with van der Waals surface area (Å²) in [5.74, 6) is -1.31. The van der Waals surface area contributed by atoms with Crippen LogP contribution in [0.5, 0.6) is 5.75 Å². The molecular weight excluding hydrogens is 314 g/mol. The summed E-state index contributed by atoms with van der Waals surface area (Å²) < 4.78 is 36.6. The van der Waals surface area contributed by atoms with Crippen LogP contribution in [0.3, 0.4) is 0 Å². The van der Waals surface area contributed by atoms with Gasteiger partial charge in [0.05, 0.1) is 10.6 Å². The third-order valence-electron chi connectivity index (χ3n) is 2.82. The van der Waals surface area contributed by atoms with Crippen LogP contribution < -0.4 is 4.74 Å². The van der Waals surface area contributed by atoms with Crippen LogP contribution in [-0.4, -0.2) is 10.2 Å². The average Bonchev–Trinajstić information content (AvgIpc) is 2.98. The molecule has 1 heterocycles. The molecule has 7 heteroatoms. The molecule has 0 aliphatic heterocycles. The fourth-order valence-electron chi connectivity index (χ4n) is 1.77. The van der Waals surface area contributed by atoms with Gasteiger partial charge in [-0.2, -0.15) is 0 Å². The number of halogens is 3. The summed E-state index contributed by atoms with van der Waals surface area (Å²) in [6, 6.07) is 10.3. The van der Waals surface area contributed by atoms with Gasteiger partial charge in [-0.15, -0.1) is 10.2 Å². The van der Waals surface area contributed by atoms with Crippen molar-refractivity contribution >= 4 is 11.6 Å². The van der Waals surface area contributed by atoms with E-state index in [9.17, 15) is 8.78 Å². The summed E-state index contributed by atoms with van der Waals surface area (Å²) in [5, 5.41) is 8.18. The number of nitrogens with zero attached hydrogens (tertiary/aromatic N) is 2. The Labute approximate surface area is 129 Å². The smallest absolute Gasteiger partial charge is 0.254 e. The van der Waals surface area contributed by atoms with E-state index in [-0.39, 0.29) is 24.1 Å². The van der Waals surface area contributed by atoms with E-state index >= 15 is 0 Å². The second kappa shape index (κ2) is 6.11. The van der Waals surface area contributed by atoms with Gasteiger partial charge in [0, 0.05) is 6.07 Å². The monoisotopic (exact) mass is 322 g/mol. The zero-order valence-electron chi connectivity index (χ0n) is 11.1. The van der Waals surface area contributed by atoms with E-state index in [1.165, 1.54) is 6.07 Å². The van der Waals surface area contributed by atoms with Crippen LogP contribution in [0, 0.1) is 11.6 Å². The van der Waals surface area contributed by atoms with Crippen molar-refractivity contribution in [2.24, 2.45) is 0 Å². The van der Waals surface area contributed by atoms with Crippen molar-refractivity contribution in [1.29, 1.82) is 0 Å². The molecule has 22 heavy (non-hydrogen) atoms. The van der Waals surface area contributed by atoms with Crippen molar-refractivity contribution in [2.45, 2.75) is 6.61 Å². The Kier molecular flexibility index (Phi) is 4.02. The highest BCUT2D eigenvalue weighted by molar-refractivity contribution is 6.33. The molecule has 0 radical (unpaired) electrons. The lowest BCUT2D eigenvalue weighted by atomic mass is 10.2. The van der Waals surface area contributed by atoms with Crippen LogP contribution in [-0.2, 0) is 6.61 Å². The normalized spacial score (nSPS) is 10.7. The summed E-state index contributed by atoms with van der Waals surface area (Å²) in [4.78, 5) is 0. The third-order valence-corrected chi connectivity index (χ3v) is 3.15. The van der Waals surface area contributed by atoms with Crippen LogP contribution in [0.15, 0.2) is 46.9 Å². The number of ether oxygens (including phenoxy) is 1. The maximum Gasteiger partial charge on any atom is 0.254 e. The van der Waals surface area contributed by atoms with Gasteiger partial charge in [0.2, 0.25) is 5.89 Å². The van der Waals surface area contributed by atoms with E-state index in [1.54, 1.807) is 24.3 Å². The summed E-state index contributed by atoms with van der Waals surface area (Å²) in [5.41, 5.74) is 0.607. The van der Waals surface area contributed by atoms with Crippen LogP contribution in [0.1, 0.15) is 5.89 Å². The first-order valence-electron chi connectivity index (χ1n) is 6.28. The van der Waals surface area contributed by atoms with Crippen molar-refractivity contribution in [3.8, 4) is 17.2 Å². The standard InChI is InChI=1S/C15H9ClF2N2O2/c16-11-4-2-1-3-10(11)15-20-19-14(22-15)8-21-9-5-6-12(17)13(18)7-9/h1-7H,8H2. The highest BCUT2D eigenvalue weighted by Crippen LogP contribution is 2.26. The Balaban J connectivity index is 1.72. The molecule has 4 nitrogen and oxygen atoms in total. The fourth-order valence-corrected chi connectivity index (χ4v) is 1.98. The van der Waals surface area contributed by atoms with Gasteiger partial charge in [0.1, 0.15) is 5.75 Å². The summed E-state index contributed by atoms with van der Waals surface area (Å²) in [6.45, 7) is -0.0669. The molecule has 0 N–H and O–H groups in total. The molecule has 1 aromatic heterocycles. The van der Waals surface area contributed by atoms with E-state index in [1.807, 2.05) is 0 Å². The molecule has 0 atom stereocenters. The fraction of sp³-hybridized carbons (Fsp3) is 0.0667. The minimum atomic E-state index is -0.986. The van der Waals surface area contributed by atoms with Gasteiger partial charge in [-0.3, -0.25) is 0 Å². The molecule has 0 aliphatic carbocycles. The molecule has 3 aromatic rings. The first-order valence-corrected chi connectivity index (χ1v) is 6.66. The van der Waals surface area contributed by atoms with E-state index in [2.05, 4.69) is 10.2 Å². The maximum absolute atomic E-state index is 13.1. The van der Waals surface area contributed by atoms with Crippen LogP contribution in [0.25, 0.3) is 11.5 Å². The van der Waals surface area contributed by atoms with E-state index in [4.69, 9.17) is 20.8 Å². The SMILES string of the molecule is Fc1ccc(OCc2nnc(-c3ccccc3Cl)o2)cc1F. The summed E-state index contributed by atoms with van der Waals surface area (Å²) >= 11 is 6.04. The minimum absolute atomic E-state index is 0.0669. The molecule has 0 saturated carbocycles. The molecule has 0 unspecified atom stereocenters. The Morgan fingerprint density at radius 1 is 1.05 bits per heavy atom. The first kappa shape index (κ1) is 14.5. The lowest BCUT2D eigenvalue weighted by molar-refractivity contribution is 0.262. The molecule has 0 aliphatic rings. The van der Waals surface area contributed by atoms with Crippen molar-refractivity contribution in [3.05, 3.63) is 65.0 Å². The molecule has 0 amide bonds. The Bertz CT molecular complexity index is 808. The Morgan fingerprint density at radius 3 is 2.64 bits per heavy atom. The Hall–Kier alpha value is -2.47. The van der Waals surface area contributed by atoms with Gasteiger partial charge in [0.15, 0.2) is 18.2 Å². The lowest BCUT2D eigenvalue weighted by Gasteiger charge is -2.03. The number of hydrogen-bond acceptors (Lipinski definition) is 4. The molecule has 112 valence electrons. The van der Waals surface area contributed by atoms with E-state index < -0.39 is 11.6 Å². The minimum Gasteiger partial charge on any atom is -0.484 e. The summed E-state index contributed by atoms with van der Waals surface area (Å²) in [6.07, 6.45) is 0. The van der Waals surface area contributed by atoms with Crippen molar-refractivity contribution in [2.75, 3.05) is 0 Å². The van der Waals surface area contributed by atoms with E-state index in [0.717, 1.165) is 12.1 Å². The van der Waals surface area contributed by atoms with Gasteiger partial charge in [-0.1, -0.05) is 23.7 Å². The number of aromatic nitrogens is 2. The van der Waals surface area contributed by atoms with Crippen molar-refractivity contribution < 1.29 is 17.9 Å². The van der Waals surface area contributed by atoms with Gasteiger partial charge < -0.3 is 9.15 Å². The first-order chi connectivity index (χ1) is 10.6. The highest BCUT2D eigenvalue weighted by atomic mass is 35.5. The second-order valence-corrected chi connectivity index (χ2v) is 4.75. The third kappa shape index (κ3) is 3.07. The molecular formula is C15H9ClF2N2O2. The van der Waals surface area contributed by atoms with Crippen LogP contribution in [0.2, 0.25) is 5.02 Å². The van der Waals surface area contributed by atoms with Crippen molar-refractivity contribution in [1.82, 2.24) is 10.2 Å². The number of rotatable bonds is 4.